The molecule has 0 spiro atoms. The van der Waals surface area contributed by atoms with E-state index < -0.39 is 0 Å². The van der Waals surface area contributed by atoms with Crippen molar-refractivity contribution in [1.82, 2.24) is 10.3 Å². The van der Waals surface area contributed by atoms with Crippen LogP contribution in [0, 0.1) is 0 Å². The highest BCUT2D eigenvalue weighted by molar-refractivity contribution is 6.31. The molecule has 4 heteroatoms. The molecule has 0 aliphatic carbocycles. The summed E-state index contributed by atoms with van der Waals surface area (Å²) in [6, 6.07) is 2.24. The lowest BCUT2D eigenvalue weighted by Crippen LogP contribution is -2.40. The zero-order valence-electron chi connectivity index (χ0n) is 10.7. The first-order chi connectivity index (χ1) is 8.22. The first kappa shape index (κ1) is 14.4. The largest absolute Gasteiger partial charge is 0.380 e. The normalized spacial score (nSPS) is 14.6. The molecule has 0 saturated carbocycles. The molecule has 0 aliphatic heterocycles. The van der Waals surface area contributed by atoms with Crippen molar-refractivity contribution >= 4 is 11.6 Å². The molecule has 96 valence electrons. The monoisotopic (exact) mass is 256 g/mol. The number of methoxy groups -OCH3 is 1. The number of nitrogens with zero attached hydrogens (tertiary/aromatic N) is 1. The third-order valence-corrected chi connectivity index (χ3v) is 3.33. The number of nitrogens with one attached hydrogen (secondary N) is 1. The molecule has 0 aliphatic rings. The van der Waals surface area contributed by atoms with Gasteiger partial charge in [0.05, 0.1) is 11.1 Å². The summed E-state index contributed by atoms with van der Waals surface area (Å²) in [6.45, 7) is 2.16. The Morgan fingerprint density at radius 3 is 2.82 bits per heavy atom. The van der Waals surface area contributed by atoms with E-state index in [-0.39, 0.29) is 12.1 Å². The van der Waals surface area contributed by atoms with E-state index in [0.29, 0.717) is 0 Å². The van der Waals surface area contributed by atoms with Gasteiger partial charge in [0.1, 0.15) is 0 Å². The van der Waals surface area contributed by atoms with Crippen molar-refractivity contribution in [2.75, 3.05) is 14.2 Å². The third kappa shape index (κ3) is 4.26. The van der Waals surface area contributed by atoms with Gasteiger partial charge in [-0.1, -0.05) is 24.9 Å². The average Bonchev–Trinajstić information content (AvgIpc) is 2.35. The molecule has 0 amide bonds. The van der Waals surface area contributed by atoms with E-state index in [4.69, 9.17) is 16.3 Å². The zero-order valence-corrected chi connectivity index (χ0v) is 11.5. The Morgan fingerprint density at radius 2 is 2.29 bits per heavy atom. The number of pyridine rings is 1. The summed E-state index contributed by atoms with van der Waals surface area (Å²) in [7, 11) is 3.72. The number of ether oxygens (including phenoxy) is 1. The quantitative estimate of drug-likeness (QED) is 0.815. The Morgan fingerprint density at radius 1 is 1.53 bits per heavy atom. The van der Waals surface area contributed by atoms with Gasteiger partial charge in [0.2, 0.25) is 0 Å². The van der Waals surface area contributed by atoms with E-state index >= 15 is 0 Å². The summed E-state index contributed by atoms with van der Waals surface area (Å²) >= 11 is 6.12. The fourth-order valence-electron chi connectivity index (χ4n) is 1.99. The molecule has 1 heterocycles. The molecule has 0 fully saturated rings. The molecule has 2 unspecified atom stereocenters. The topological polar surface area (TPSA) is 34.1 Å². The number of hydrogen-bond acceptors (Lipinski definition) is 3. The first-order valence-corrected chi connectivity index (χ1v) is 6.39. The molecule has 1 N–H and O–H groups in total. The molecule has 2 atom stereocenters. The first-order valence-electron chi connectivity index (χ1n) is 6.01. The summed E-state index contributed by atoms with van der Waals surface area (Å²) in [4.78, 5) is 4.00. The van der Waals surface area contributed by atoms with Crippen molar-refractivity contribution in [1.29, 1.82) is 0 Å². The van der Waals surface area contributed by atoms with Gasteiger partial charge < -0.3 is 10.1 Å². The number of halogens is 1. The highest BCUT2D eigenvalue weighted by Gasteiger charge is 2.20. The van der Waals surface area contributed by atoms with Gasteiger partial charge >= 0.3 is 0 Å². The van der Waals surface area contributed by atoms with Crippen LogP contribution in [0.25, 0.3) is 0 Å². The molecule has 1 aromatic rings. The summed E-state index contributed by atoms with van der Waals surface area (Å²) in [5.41, 5.74) is 1.11. The van der Waals surface area contributed by atoms with E-state index in [9.17, 15) is 0 Å². The maximum atomic E-state index is 6.12. The maximum absolute atomic E-state index is 6.12. The average molecular weight is 257 g/mol. The fraction of sp³-hybridized carbons (Fsp3) is 0.615. The van der Waals surface area contributed by atoms with Crippen LogP contribution in [0.5, 0.6) is 0 Å². The predicted octanol–water partition coefficient (Wildman–Crippen LogP) is 2.68. The lowest BCUT2D eigenvalue weighted by molar-refractivity contribution is 0.0633. The van der Waals surface area contributed by atoms with Crippen LogP contribution in [-0.4, -0.2) is 31.3 Å². The van der Waals surface area contributed by atoms with Crippen LogP contribution in [0.4, 0.5) is 0 Å². The molecule has 0 aromatic carbocycles. The van der Waals surface area contributed by atoms with E-state index in [2.05, 4.69) is 17.2 Å². The van der Waals surface area contributed by atoms with Gasteiger partial charge in [-0.3, -0.25) is 4.98 Å². The van der Waals surface area contributed by atoms with Crippen LogP contribution in [0.2, 0.25) is 5.02 Å². The van der Waals surface area contributed by atoms with E-state index in [0.717, 1.165) is 29.8 Å². The molecule has 0 saturated heterocycles. The molecule has 1 aromatic heterocycles. The summed E-state index contributed by atoms with van der Waals surface area (Å²) in [5, 5.41) is 4.03. The van der Waals surface area contributed by atoms with Gasteiger partial charge in [0.15, 0.2) is 0 Å². The van der Waals surface area contributed by atoms with E-state index in [1.807, 2.05) is 13.1 Å². The van der Waals surface area contributed by atoms with Crippen molar-refractivity contribution in [2.24, 2.45) is 0 Å². The van der Waals surface area contributed by atoms with Gasteiger partial charge in [-0.15, -0.1) is 0 Å². The Bertz CT molecular complexity index is 333. The van der Waals surface area contributed by atoms with Gasteiger partial charge in [0, 0.05) is 25.5 Å². The molecular weight excluding hydrogens is 236 g/mol. The second-order valence-corrected chi connectivity index (χ2v) is 4.54. The van der Waals surface area contributed by atoms with Crippen molar-refractivity contribution in [3.63, 3.8) is 0 Å². The minimum absolute atomic E-state index is 0.217. The van der Waals surface area contributed by atoms with Crippen molar-refractivity contribution in [3.05, 3.63) is 29.0 Å². The smallest absolute Gasteiger partial charge is 0.0727 e. The van der Waals surface area contributed by atoms with Crippen LogP contribution in [0.15, 0.2) is 18.5 Å². The van der Waals surface area contributed by atoms with Crippen molar-refractivity contribution < 1.29 is 4.74 Å². The minimum Gasteiger partial charge on any atom is -0.380 e. The van der Waals surface area contributed by atoms with Gasteiger partial charge in [-0.05, 0) is 31.5 Å². The molecule has 0 radical (unpaired) electrons. The Balaban J connectivity index is 2.72. The van der Waals surface area contributed by atoms with Gasteiger partial charge in [-0.25, -0.2) is 0 Å². The maximum Gasteiger partial charge on any atom is 0.0727 e. The lowest BCUT2D eigenvalue weighted by atomic mass is 9.99. The van der Waals surface area contributed by atoms with E-state index in [1.165, 1.54) is 0 Å². The standard InChI is InChI=1S/C13H21ClN2O/c1-4-5-13(17-3)12(15-2)8-10-6-7-16-9-11(10)14/h6-7,9,12-13,15H,4-5,8H2,1-3H3. The highest BCUT2D eigenvalue weighted by atomic mass is 35.5. The van der Waals surface area contributed by atoms with Gasteiger partial charge in [-0.2, -0.15) is 0 Å². The summed E-state index contributed by atoms with van der Waals surface area (Å²) in [5.74, 6) is 0. The Kier molecular flexibility index (Phi) is 6.48. The molecule has 1 rings (SSSR count). The third-order valence-electron chi connectivity index (χ3n) is 2.99. The van der Waals surface area contributed by atoms with Crippen LogP contribution in [-0.2, 0) is 11.2 Å². The van der Waals surface area contributed by atoms with Gasteiger partial charge in [0.25, 0.3) is 0 Å². The van der Waals surface area contributed by atoms with Crippen LogP contribution in [0.1, 0.15) is 25.3 Å². The predicted molar refractivity (Wildman–Crippen MR) is 71.5 cm³/mol. The Hall–Kier alpha value is -0.640. The second-order valence-electron chi connectivity index (χ2n) is 4.13. The van der Waals surface area contributed by atoms with E-state index in [1.54, 1.807) is 19.5 Å². The second kappa shape index (κ2) is 7.64. The van der Waals surface area contributed by atoms with Crippen molar-refractivity contribution in [3.8, 4) is 0 Å². The summed E-state index contributed by atoms with van der Waals surface area (Å²) < 4.78 is 5.53. The number of rotatable bonds is 7. The number of likely N-dealkylation sites (N-methyl/N-ethyl adjacent to an activating group) is 1. The lowest BCUT2D eigenvalue weighted by Gasteiger charge is -2.25. The minimum atomic E-state index is 0.217. The fourth-order valence-corrected chi connectivity index (χ4v) is 2.19. The summed E-state index contributed by atoms with van der Waals surface area (Å²) in [6.07, 6.45) is 6.69. The van der Waals surface area contributed by atoms with Crippen molar-refractivity contribution in [2.45, 2.75) is 38.3 Å². The Labute approximate surface area is 109 Å². The highest BCUT2D eigenvalue weighted by Crippen LogP contribution is 2.18. The van der Waals surface area contributed by atoms with Crippen LogP contribution >= 0.6 is 11.6 Å². The number of aromatic nitrogens is 1. The number of hydrogen-bond donors (Lipinski definition) is 1. The van der Waals surface area contributed by atoms with Crippen LogP contribution in [0.3, 0.4) is 0 Å². The van der Waals surface area contributed by atoms with Crippen LogP contribution < -0.4 is 5.32 Å². The molecule has 0 bridgehead atoms. The molecule has 3 nitrogen and oxygen atoms in total. The molecule has 17 heavy (non-hydrogen) atoms. The zero-order chi connectivity index (χ0) is 12.7. The SMILES string of the molecule is CCCC(OC)C(Cc1ccncc1Cl)NC. The molecular formula is C13H21ClN2O.